The molecular weight excluding hydrogens is 589 g/mol. The normalized spacial score (nSPS) is 16.3. The first-order valence-corrected chi connectivity index (χ1v) is 12.0. The monoisotopic (exact) mass is 598 g/mol. The van der Waals surface area contributed by atoms with E-state index in [2.05, 4.69) is 0 Å². The molecule has 0 aliphatic heterocycles. The Kier molecular flexibility index (Phi) is 5.53. The van der Waals surface area contributed by atoms with Crippen LogP contribution in [0.4, 0.5) is 38.9 Å². The van der Waals surface area contributed by atoms with Crippen molar-refractivity contribution < 1.29 is 38.9 Å². The third-order valence-corrected chi connectivity index (χ3v) is 6.45. The van der Waals surface area contributed by atoms with Gasteiger partial charge in [-0.25, -0.2) is 0 Å². The van der Waals surface area contributed by atoms with Crippen molar-refractivity contribution in [1.82, 2.24) is 0 Å². The van der Waals surface area contributed by atoms with Gasteiger partial charge in [0.05, 0.1) is 17.2 Å². The molecule has 15 heteroatoms. The van der Waals surface area contributed by atoms with Crippen molar-refractivity contribution in [3.05, 3.63) is 56.7 Å². The van der Waals surface area contributed by atoms with Crippen LogP contribution in [-0.2, 0) is 0 Å². The zero-order chi connectivity index (χ0) is 23.9. The van der Waals surface area contributed by atoms with E-state index >= 15 is 0 Å². The van der Waals surface area contributed by atoms with Crippen molar-refractivity contribution in [3.8, 4) is 12.1 Å². The summed E-state index contributed by atoms with van der Waals surface area (Å²) >= 11 is 1.40. The molecule has 2 rings (SSSR count). The number of halogens is 11. The topological polar surface area (TPSA) is 47.6 Å². The van der Waals surface area contributed by atoms with Gasteiger partial charge in [-0.1, -0.05) is 38.9 Å². The summed E-state index contributed by atoms with van der Waals surface area (Å²) in [5.74, 6) is 0. The first-order chi connectivity index (χ1) is 12.9. The van der Waals surface area contributed by atoms with Crippen molar-refractivity contribution in [2.24, 2.45) is 0 Å². The molecule has 0 bridgehead atoms. The van der Waals surface area contributed by atoms with E-state index in [1.54, 1.807) is 12.1 Å². The maximum absolute atomic E-state index is 12.3. The highest BCUT2D eigenvalue weighted by Gasteiger charge is 2.66. The lowest BCUT2D eigenvalue weighted by Crippen LogP contribution is -2.06. The number of hydrogen-bond donors (Lipinski definition) is 0. The molecule has 2 aromatic rings. The molecule has 0 unspecified atom stereocenters. The van der Waals surface area contributed by atoms with Crippen LogP contribution in [0, 0.1) is 33.2 Å². The maximum atomic E-state index is 12.3. The van der Waals surface area contributed by atoms with Gasteiger partial charge in [-0.3, -0.25) is 0 Å². The highest BCUT2D eigenvalue weighted by molar-refractivity contribution is 14.1. The van der Waals surface area contributed by atoms with Gasteiger partial charge < -0.3 is 0 Å². The molecule has 0 amide bonds. The van der Waals surface area contributed by atoms with Crippen molar-refractivity contribution in [2.75, 3.05) is 0 Å². The Balaban J connectivity index is 0.000000300. The second kappa shape index (κ2) is 6.33. The lowest BCUT2D eigenvalue weighted by Gasteiger charge is -2.40. The number of hydrogen-bond acceptors (Lipinski definition) is 2. The third-order valence-electron chi connectivity index (χ3n) is 3.27. The molecule has 0 N–H and O–H groups in total. The summed E-state index contributed by atoms with van der Waals surface area (Å²) in [6.45, 7) is 1.17. The van der Waals surface area contributed by atoms with Gasteiger partial charge in [-0.05, 0) is 71.5 Å². The highest BCUT2D eigenvalue weighted by atomic mass is 127. The van der Waals surface area contributed by atoms with Gasteiger partial charge >= 0.3 is 20.4 Å². The summed E-state index contributed by atoms with van der Waals surface area (Å²) in [5, 5.41) is 16.9. The van der Waals surface area contributed by atoms with Crippen molar-refractivity contribution >= 4 is 43.0 Å². The smallest absolute Gasteiger partial charge is 0.192 e. The van der Waals surface area contributed by atoms with Gasteiger partial charge in [-0.2, -0.15) is 10.5 Å². The first-order valence-electron chi connectivity index (χ1n) is 7.06. The molecule has 0 spiro atoms. The van der Waals surface area contributed by atoms with Crippen LogP contribution < -0.4 is 0 Å². The minimum atomic E-state index is -9.62. The lowest BCUT2D eigenvalue weighted by atomic mass is 10.1. The fraction of sp³-hybridized carbons (Fsp3) is 0.0667. The number of nitriles is 2. The lowest BCUT2D eigenvalue weighted by molar-refractivity contribution is 0.360. The van der Waals surface area contributed by atoms with Crippen LogP contribution in [0.15, 0.2) is 46.2 Å². The molecule has 2 nitrogen and oxygen atoms in total. The van der Waals surface area contributed by atoms with Crippen LogP contribution in [0.1, 0.15) is 16.7 Å². The molecular formula is C15H9F10IN2S2. The van der Waals surface area contributed by atoms with Gasteiger partial charge in [0.25, 0.3) is 0 Å². The van der Waals surface area contributed by atoms with Crippen LogP contribution in [0.25, 0.3) is 0 Å². The molecule has 0 heterocycles. The number of nitrogens with zero attached hydrogens (tertiary/aromatic N) is 2. The molecule has 0 atom stereocenters. The quantitative estimate of drug-likeness (QED) is 0.256. The Bertz CT molecular complexity index is 1010. The van der Waals surface area contributed by atoms with Crippen molar-refractivity contribution in [1.29, 1.82) is 10.5 Å². The summed E-state index contributed by atoms with van der Waals surface area (Å²) in [6.07, 6.45) is 0. The zero-order valence-electron chi connectivity index (χ0n) is 14.3. The highest BCUT2D eigenvalue weighted by Crippen LogP contribution is 3.02. The van der Waals surface area contributed by atoms with Crippen LogP contribution >= 0.6 is 43.0 Å². The van der Waals surface area contributed by atoms with E-state index in [1.807, 2.05) is 0 Å². The molecule has 2 aromatic carbocycles. The number of benzene rings is 2. The summed E-state index contributed by atoms with van der Waals surface area (Å²) in [4.78, 5) is -3.94. The second-order valence-electron chi connectivity index (χ2n) is 5.78. The van der Waals surface area contributed by atoms with Crippen LogP contribution in [0.5, 0.6) is 0 Å². The Morgan fingerprint density at radius 3 is 1.33 bits per heavy atom. The molecule has 168 valence electrons. The zero-order valence-corrected chi connectivity index (χ0v) is 18.1. The summed E-state index contributed by atoms with van der Waals surface area (Å²) in [5.41, 5.74) is -0.245. The predicted molar refractivity (Wildman–Crippen MR) is 103 cm³/mol. The molecule has 0 fully saturated rings. The van der Waals surface area contributed by atoms with Crippen molar-refractivity contribution in [3.63, 3.8) is 0 Å². The van der Waals surface area contributed by atoms with Crippen LogP contribution in [-0.4, -0.2) is 0 Å². The average Bonchev–Trinajstić information content (AvgIpc) is 2.51. The minimum absolute atomic E-state index is 0.0550. The Labute approximate surface area is 177 Å². The Hall–Kier alpha value is -1.85. The van der Waals surface area contributed by atoms with Crippen LogP contribution in [0.2, 0.25) is 0 Å². The van der Waals surface area contributed by atoms with E-state index in [0.717, 1.165) is 12.1 Å². The van der Waals surface area contributed by atoms with E-state index < -0.39 is 30.2 Å². The van der Waals surface area contributed by atoms with E-state index in [4.69, 9.17) is 10.5 Å². The molecule has 0 saturated carbocycles. The predicted octanol–water partition coefficient (Wildman–Crippen LogP) is 9.34. The summed E-state index contributed by atoms with van der Waals surface area (Å²) in [7, 11) is -19.2. The molecule has 30 heavy (non-hydrogen) atoms. The Morgan fingerprint density at radius 1 is 0.667 bits per heavy atom. The summed E-state index contributed by atoms with van der Waals surface area (Å²) < 4.78 is 123. The third kappa shape index (κ3) is 7.13. The number of aryl methyl sites for hydroxylation is 1. The molecule has 0 aliphatic carbocycles. The average molecular weight is 598 g/mol. The summed E-state index contributed by atoms with van der Waals surface area (Å²) in [6, 6.07) is 5.69. The maximum Gasteiger partial charge on any atom is 0.310 e. The van der Waals surface area contributed by atoms with Gasteiger partial charge in [0, 0.05) is 3.57 Å². The van der Waals surface area contributed by atoms with Gasteiger partial charge in [0.15, 0.2) is 0 Å². The fourth-order valence-corrected chi connectivity index (χ4v) is 4.07. The Morgan fingerprint density at radius 2 is 1.03 bits per heavy atom. The number of rotatable bonds is 2. The molecule has 0 radical (unpaired) electrons. The molecule has 0 aromatic heterocycles. The molecule has 0 aliphatic rings. The largest absolute Gasteiger partial charge is 0.310 e. The van der Waals surface area contributed by atoms with Gasteiger partial charge in [-0.15, -0.1) is 0 Å². The van der Waals surface area contributed by atoms with E-state index in [-0.39, 0.29) is 38.5 Å². The second-order valence-corrected chi connectivity index (χ2v) is 11.8. The first kappa shape index (κ1) is 26.2. The SMILES string of the molecule is Cc1cc(S(F)(F)(F)(F)F)ccc1C#N.N#Cc1ccc(S(F)(F)(F)(F)F)cc1I. The van der Waals surface area contributed by atoms with Crippen LogP contribution in [0.3, 0.4) is 0 Å². The standard InChI is InChI=1S/C8H6F5NS.C7H3F5INS/c1-6-4-8(3-2-7(6)5-14)15(9,10,11,12)13;8-15(9,10,11,12)6-2-1-5(4-14)7(13)3-6/h2-4H,1H3;1-3H. The fourth-order valence-electron chi connectivity index (χ4n) is 1.83. The molecule has 0 saturated heterocycles. The van der Waals surface area contributed by atoms with Gasteiger partial charge in [0.1, 0.15) is 15.9 Å². The minimum Gasteiger partial charge on any atom is -0.192 e. The van der Waals surface area contributed by atoms with E-state index in [0.29, 0.717) is 6.07 Å². The van der Waals surface area contributed by atoms with Crippen molar-refractivity contribution in [2.45, 2.75) is 16.7 Å². The van der Waals surface area contributed by atoms with E-state index in [9.17, 15) is 38.9 Å². The van der Waals surface area contributed by atoms with E-state index in [1.165, 1.54) is 29.5 Å². The van der Waals surface area contributed by atoms with Gasteiger partial charge in [0.2, 0.25) is 0 Å².